The van der Waals surface area contributed by atoms with Crippen LogP contribution < -0.4 is 0 Å². The minimum absolute atomic E-state index is 0.148. The normalized spacial score (nSPS) is 17.4. The Balaban J connectivity index is 2.22. The molecule has 1 aromatic rings. The highest BCUT2D eigenvalue weighted by atomic mass is 16.5. The van der Waals surface area contributed by atoms with Gasteiger partial charge in [0.2, 0.25) is 0 Å². The Morgan fingerprint density at radius 1 is 1.14 bits per heavy atom. The Labute approximate surface area is 125 Å². The monoisotopic (exact) mass is 284 g/mol. The van der Waals surface area contributed by atoms with Gasteiger partial charge in [0, 0.05) is 0 Å². The van der Waals surface area contributed by atoms with Crippen LogP contribution in [0, 0.1) is 5.41 Å². The van der Waals surface area contributed by atoms with Gasteiger partial charge in [-0.25, -0.2) is 0 Å². The molecule has 0 unspecified atom stereocenters. The highest BCUT2D eigenvalue weighted by Gasteiger charge is 2.50. The number of benzene rings is 1. The van der Waals surface area contributed by atoms with Crippen LogP contribution in [0.2, 0.25) is 0 Å². The van der Waals surface area contributed by atoms with E-state index in [1.807, 2.05) is 30.3 Å². The first-order chi connectivity index (χ1) is 9.99. The zero-order chi connectivity index (χ0) is 15.5. The molecule has 0 saturated heterocycles. The number of ketones is 1. The third kappa shape index (κ3) is 2.68. The molecule has 0 radical (unpaired) electrons. The Hall–Kier alpha value is -2.16. The van der Waals surface area contributed by atoms with Gasteiger partial charge in [0.05, 0.1) is 0 Å². The second kappa shape index (κ2) is 6.08. The zero-order valence-electron chi connectivity index (χ0n) is 12.4. The van der Waals surface area contributed by atoms with Crippen molar-refractivity contribution in [1.29, 1.82) is 0 Å². The Kier molecular flexibility index (Phi) is 4.41. The van der Waals surface area contributed by atoms with Gasteiger partial charge in [-0.15, -0.1) is 0 Å². The van der Waals surface area contributed by atoms with Crippen LogP contribution in [-0.2, 0) is 20.9 Å². The number of ether oxygens (including phenoxy) is 1. The number of esters is 1. The fourth-order valence-corrected chi connectivity index (χ4v) is 2.90. The summed E-state index contributed by atoms with van der Waals surface area (Å²) in [4.78, 5) is 24.8. The van der Waals surface area contributed by atoms with Crippen molar-refractivity contribution in [1.82, 2.24) is 0 Å². The maximum Gasteiger partial charge on any atom is 0.328 e. The number of hydrogen-bond acceptors (Lipinski definition) is 3. The van der Waals surface area contributed by atoms with Gasteiger partial charge in [0.25, 0.3) is 0 Å². The molecule has 0 aromatic heterocycles. The number of carbonyl (C=O) groups is 2. The first-order valence-corrected chi connectivity index (χ1v) is 7.08. The fourth-order valence-electron chi connectivity index (χ4n) is 2.90. The van der Waals surface area contributed by atoms with Gasteiger partial charge in [0.15, 0.2) is 11.2 Å². The Morgan fingerprint density at radius 2 is 1.71 bits per heavy atom. The van der Waals surface area contributed by atoms with Gasteiger partial charge >= 0.3 is 5.97 Å². The van der Waals surface area contributed by atoms with Crippen LogP contribution in [0.15, 0.2) is 54.6 Å². The van der Waals surface area contributed by atoms with Crippen LogP contribution in [0.25, 0.3) is 0 Å². The van der Waals surface area contributed by atoms with Crippen LogP contribution in [0.3, 0.4) is 0 Å². The summed E-state index contributed by atoms with van der Waals surface area (Å²) < 4.78 is 5.39. The molecule has 2 rings (SSSR count). The molecule has 0 bridgehead atoms. The quantitative estimate of drug-likeness (QED) is 0.482. The predicted octanol–water partition coefficient (Wildman–Crippen LogP) is 3.60. The minimum atomic E-state index is -1.35. The van der Waals surface area contributed by atoms with Crippen molar-refractivity contribution in [2.45, 2.75) is 32.8 Å². The molecule has 0 atom stereocenters. The smallest absolute Gasteiger partial charge is 0.328 e. The Morgan fingerprint density at radius 3 is 2.24 bits per heavy atom. The molecule has 1 aliphatic carbocycles. The topological polar surface area (TPSA) is 43.4 Å². The van der Waals surface area contributed by atoms with E-state index in [9.17, 15) is 9.59 Å². The molecule has 0 spiro atoms. The van der Waals surface area contributed by atoms with Crippen molar-refractivity contribution in [2.24, 2.45) is 5.41 Å². The number of carbonyl (C=O) groups excluding carboxylic acids is 2. The van der Waals surface area contributed by atoms with Gasteiger partial charge in [-0.05, 0) is 42.9 Å². The molecule has 1 aliphatic rings. The number of Topliss-reactive ketones (excluding diaryl/α,β-unsaturated/α-hetero) is 1. The summed E-state index contributed by atoms with van der Waals surface area (Å²) in [5.74, 6) is -0.802. The molecule has 0 aliphatic heterocycles. The largest absolute Gasteiger partial charge is 0.460 e. The van der Waals surface area contributed by atoms with Crippen molar-refractivity contribution >= 4 is 11.8 Å². The van der Waals surface area contributed by atoms with E-state index >= 15 is 0 Å². The van der Waals surface area contributed by atoms with Crippen LogP contribution in [0.5, 0.6) is 0 Å². The van der Waals surface area contributed by atoms with E-state index in [4.69, 9.17) is 4.74 Å². The van der Waals surface area contributed by atoms with Crippen LogP contribution in [-0.4, -0.2) is 11.8 Å². The minimum Gasteiger partial charge on any atom is -0.460 e. The molecule has 1 saturated carbocycles. The molecular formula is C18H20O3. The maximum atomic E-state index is 12.6. The molecule has 1 fully saturated rings. The molecule has 3 heteroatoms. The average Bonchev–Trinajstić information content (AvgIpc) is 2.46. The second-order valence-electron chi connectivity index (χ2n) is 5.43. The standard InChI is InChI=1S/C18H20O3/c1-13-8-7-9-14(2)18(13,15(3)19)17(20)21-12-16-10-5-4-6-11-16/h4-6,10-11H,1-2,7-9,12H2,3H3. The van der Waals surface area contributed by atoms with Gasteiger partial charge < -0.3 is 4.74 Å². The third-order valence-corrected chi connectivity index (χ3v) is 4.06. The lowest BCUT2D eigenvalue weighted by Crippen LogP contribution is -2.44. The summed E-state index contributed by atoms with van der Waals surface area (Å²) in [6.07, 6.45) is 2.18. The summed E-state index contributed by atoms with van der Waals surface area (Å²) in [7, 11) is 0. The lowest BCUT2D eigenvalue weighted by molar-refractivity contribution is -0.156. The van der Waals surface area contributed by atoms with Crippen LogP contribution >= 0.6 is 0 Å². The zero-order valence-corrected chi connectivity index (χ0v) is 12.4. The summed E-state index contributed by atoms with van der Waals surface area (Å²) in [6.45, 7) is 9.42. The lowest BCUT2D eigenvalue weighted by atomic mass is 9.65. The first kappa shape index (κ1) is 15.2. The first-order valence-electron chi connectivity index (χ1n) is 7.08. The van der Waals surface area contributed by atoms with E-state index in [0.29, 0.717) is 24.0 Å². The fraction of sp³-hybridized carbons (Fsp3) is 0.333. The van der Waals surface area contributed by atoms with Gasteiger partial charge in [0.1, 0.15) is 6.61 Å². The molecule has 3 nitrogen and oxygen atoms in total. The van der Waals surface area contributed by atoms with E-state index in [1.54, 1.807) is 0 Å². The summed E-state index contributed by atoms with van der Waals surface area (Å²) in [6, 6.07) is 9.40. The average molecular weight is 284 g/mol. The van der Waals surface area contributed by atoms with E-state index in [2.05, 4.69) is 13.2 Å². The van der Waals surface area contributed by atoms with Crippen molar-refractivity contribution in [3.63, 3.8) is 0 Å². The van der Waals surface area contributed by atoms with Crippen molar-refractivity contribution < 1.29 is 14.3 Å². The van der Waals surface area contributed by atoms with Crippen molar-refractivity contribution in [3.8, 4) is 0 Å². The molecule has 21 heavy (non-hydrogen) atoms. The molecule has 0 amide bonds. The van der Waals surface area contributed by atoms with Crippen LogP contribution in [0.4, 0.5) is 0 Å². The number of rotatable bonds is 4. The van der Waals surface area contributed by atoms with E-state index in [0.717, 1.165) is 12.0 Å². The van der Waals surface area contributed by atoms with E-state index in [1.165, 1.54) is 6.92 Å². The van der Waals surface area contributed by atoms with Crippen molar-refractivity contribution in [2.75, 3.05) is 0 Å². The van der Waals surface area contributed by atoms with Gasteiger partial charge in [-0.3, -0.25) is 9.59 Å². The highest BCUT2D eigenvalue weighted by molar-refractivity contribution is 6.09. The Bertz CT molecular complexity index is 568. The molecule has 0 heterocycles. The van der Waals surface area contributed by atoms with E-state index in [-0.39, 0.29) is 12.4 Å². The SMILES string of the molecule is C=C1CCCC(=C)C1(C(C)=O)C(=O)OCc1ccccc1. The summed E-state index contributed by atoms with van der Waals surface area (Å²) >= 11 is 0. The van der Waals surface area contributed by atoms with E-state index < -0.39 is 11.4 Å². The highest BCUT2D eigenvalue weighted by Crippen LogP contribution is 2.45. The van der Waals surface area contributed by atoms with Gasteiger partial charge in [-0.2, -0.15) is 0 Å². The second-order valence-corrected chi connectivity index (χ2v) is 5.43. The predicted molar refractivity (Wildman–Crippen MR) is 81.5 cm³/mol. The molecular weight excluding hydrogens is 264 g/mol. The molecule has 0 N–H and O–H groups in total. The van der Waals surface area contributed by atoms with Crippen molar-refractivity contribution in [3.05, 3.63) is 60.2 Å². The number of hydrogen-bond donors (Lipinski definition) is 0. The summed E-state index contributed by atoms with van der Waals surface area (Å²) in [5, 5.41) is 0. The van der Waals surface area contributed by atoms with Gasteiger partial charge in [-0.1, -0.05) is 43.5 Å². The summed E-state index contributed by atoms with van der Waals surface area (Å²) in [5.41, 5.74) is 0.734. The maximum absolute atomic E-state index is 12.6. The molecule has 110 valence electrons. The van der Waals surface area contributed by atoms with Crippen LogP contribution in [0.1, 0.15) is 31.7 Å². The lowest BCUT2D eigenvalue weighted by Gasteiger charge is -2.36. The third-order valence-electron chi connectivity index (χ3n) is 4.06. The molecule has 1 aromatic carbocycles.